The van der Waals surface area contributed by atoms with Crippen LogP contribution >= 0.6 is 0 Å². The highest BCUT2D eigenvalue weighted by molar-refractivity contribution is 5.00. The van der Waals surface area contributed by atoms with Gasteiger partial charge in [-0.05, 0) is 44.6 Å². The van der Waals surface area contributed by atoms with E-state index in [0.29, 0.717) is 6.04 Å². The molecule has 2 atom stereocenters. The van der Waals surface area contributed by atoms with Gasteiger partial charge in [-0.15, -0.1) is 0 Å². The smallest absolute Gasteiger partial charge is 0.0594 e. The van der Waals surface area contributed by atoms with Crippen molar-refractivity contribution in [2.75, 3.05) is 32.8 Å². The second-order valence-electron chi connectivity index (χ2n) is 7.37. The maximum atomic E-state index is 5.58. The number of likely N-dealkylation sites (N-methyl/N-ethyl adjacent to an activating group) is 1. The van der Waals surface area contributed by atoms with Crippen molar-refractivity contribution in [3.63, 3.8) is 0 Å². The van der Waals surface area contributed by atoms with Crippen molar-refractivity contribution >= 4 is 0 Å². The summed E-state index contributed by atoms with van der Waals surface area (Å²) in [5.41, 5.74) is 0.269. The third-order valence-electron chi connectivity index (χ3n) is 6.08. The van der Waals surface area contributed by atoms with E-state index in [1.807, 2.05) is 0 Å². The lowest BCUT2D eigenvalue weighted by atomic mass is 9.71. The predicted molar refractivity (Wildman–Crippen MR) is 89.7 cm³/mol. The average molecular weight is 296 g/mol. The molecule has 0 aromatic rings. The van der Waals surface area contributed by atoms with E-state index in [-0.39, 0.29) is 5.54 Å². The van der Waals surface area contributed by atoms with Gasteiger partial charge in [0.1, 0.15) is 0 Å². The minimum absolute atomic E-state index is 0.269. The molecule has 0 aromatic heterocycles. The first-order valence-electron chi connectivity index (χ1n) is 9.18. The summed E-state index contributed by atoms with van der Waals surface area (Å²) in [6.07, 6.45) is 6.85. The van der Waals surface area contributed by atoms with Crippen molar-refractivity contribution < 1.29 is 4.74 Å². The van der Waals surface area contributed by atoms with Crippen LogP contribution in [0.25, 0.3) is 0 Å². The Morgan fingerprint density at radius 3 is 2.29 bits per heavy atom. The van der Waals surface area contributed by atoms with Gasteiger partial charge >= 0.3 is 0 Å². The van der Waals surface area contributed by atoms with E-state index in [1.54, 1.807) is 0 Å². The molecule has 0 radical (unpaired) electrons. The fourth-order valence-electron chi connectivity index (χ4n) is 4.45. The van der Waals surface area contributed by atoms with Gasteiger partial charge in [-0.3, -0.25) is 4.90 Å². The Hall–Kier alpha value is -0.120. The van der Waals surface area contributed by atoms with E-state index in [0.717, 1.165) is 44.7 Å². The standard InChI is InChI=1S/C18H36N2O/c1-5-18(4,20-11-13-21-14-12-20)17(19-6-2)16-9-7-15(3)8-10-16/h15-17,19H,5-14H2,1-4H3. The van der Waals surface area contributed by atoms with Gasteiger partial charge < -0.3 is 10.1 Å². The molecule has 1 heterocycles. The second kappa shape index (κ2) is 7.94. The molecule has 124 valence electrons. The van der Waals surface area contributed by atoms with Crippen molar-refractivity contribution in [2.24, 2.45) is 11.8 Å². The van der Waals surface area contributed by atoms with E-state index in [4.69, 9.17) is 4.74 Å². The van der Waals surface area contributed by atoms with Crippen molar-refractivity contribution in [3.05, 3.63) is 0 Å². The monoisotopic (exact) mass is 296 g/mol. The van der Waals surface area contributed by atoms with Crippen molar-refractivity contribution in [2.45, 2.75) is 71.4 Å². The minimum Gasteiger partial charge on any atom is -0.379 e. The van der Waals surface area contributed by atoms with Gasteiger partial charge in [0.25, 0.3) is 0 Å². The third kappa shape index (κ3) is 4.00. The van der Waals surface area contributed by atoms with Crippen LogP contribution in [0.5, 0.6) is 0 Å². The molecule has 2 unspecified atom stereocenters. The zero-order valence-electron chi connectivity index (χ0n) is 14.7. The Morgan fingerprint density at radius 1 is 1.14 bits per heavy atom. The van der Waals surface area contributed by atoms with Gasteiger partial charge in [-0.1, -0.05) is 33.6 Å². The molecular weight excluding hydrogens is 260 g/mol. The zero-order chi connectivity index (χ0) is 15.3. The zero-order valence-corrected chi connectivity index (χ0v) is 14.7. The SMILES string of the molecule is CCNC(C1CCC(C)CC1)C(C)(CC)N1CCOCC1. The summed E-state index contributed by atoms with van der Waals surface area (Å²) in [6.45, 7) is 14.6. The van der Waals surface area contributed by atoms with Crippen LogP contribution < -0.4 is 5.32 Å². The topological polar surface area (TPSA) is 24.5 Å². The number of ether oxygens (including phenoxy) is 1. The number of nitrogens with zero attached hydrogens (tertiary/aromatic N) is 1. The molecule has 1 saturated heterocycles. The van der Waals surface area contributed by atoms with Crippen molar-refractivity contribution in [1.29, 1.82) is 0 Å². The summed E-state index contributed by atoms with van der Waals surface area (Å²) < 4.78 is 5.58. The first kappa shape index (κ1) is 17.2. The minimum atomic E-state index is 0.269. The largest absolute Gasteiger partial charge is 0.379 e. The molecule has 0 amide bonds. The molecule has 2 rings (SSSR count). The van der Waals surface area contributed by atoms with Crippen LogP contribution in [0.3, 0.4) is 0 Å². The number of rotatable bonds is 6. The summed E-state index contributed by atoms with van der Waals surface area (Å²) in [5, 5.41) is 3.87. The van der Waals surface area contributed by atoms with Crippen LogP contribution in [-0.2, 0) is 4.74 Å². The molecule has 1 N–H and O–H groups in total. The van der Waals surface area contributed by atoms with Crippen LogP contribution in [0.4, 0.5) is 0 Å². The van der Waals surface area contributed by atoms with E-state index in [1.165, 1.54) is 32.1 Å². The summed E-state index contributed by atoms with van der Waals surface area (Å²) in [7, 11) is 0. The van der Waals surface area contributed by atoms with Crippen molar-refractivity contribution in [1.82, 2.24) is 10.2 Å². The van der Waals surface area contributed by atoms with E-state index < -0.39 is 0 Å². The van der Waals surface area contributed by atoms with Gasteiger partial charge in [-0.25, -0.2) is 0 Å². The van der Waals surface area contributed by atoms with Gasteiger partial charge in [0.05, 0.1) is 13.2 Å². The molecule has 1 aliphatic heterocycles. The highest BCUT2D eigenvalue weighted by atomic mass is 16.5. The lowest BCUT2D eigenvalue weighted by Crippen LogP contribution is -2.64. The van der Waals surface area contributed by atoms with Gasteiger partial charge in [0.15, 0.2) is 0 Å². The van der Waals surface area contributed by atoms with Gasteiger partial charge in [-0.2, -0.15) is 0 Å². The molecule has 3 nitrogen and oxygen atoms in total. The predicted octanol–water partition coefficient (Wildman–Crippen LogP) is 3.29. The number of hydrogen-bond donors (Lipinski definition) is 1. The second-order valence-corrected chi connectivity index (χ2v) is 7.37. The molecule has 1 saturated carbocycles. The lowest BCUT2D eigenvalue weighted by molar-refractivity contribution is -0.0444. The van der Waals surface area contributed by atoms with Crippen LogP contribution in [0, 0.1) is 11.8 Å². The Bertz CT molecular complexity index is 296. The quantitative estimate of drug-likeness (QED) is 0.814. The molecule has 0 spiro atoms. The molecule has 3 heteroatoms. The van der Waals surface area contributed by atoms with Crippen molar-refractivity contribution in [3.8, 4) is 0 Å². The molecule has 2 fully saturated rings. The molecule has 21 heavy (non-hydrogen) atoms. The lowest BCUT2D eigenvalue weighted by Gasteiger charge is -2.51. The Morgan fingerprint density at radius 2 is 1.76 bits per heavy atom. The summed E-state index contributed by atoms with van der Waals surface area (Å²) in [4.78, 5) is 2.70. The molecule has 0 bridgehead atoms. The molecule has 0 aromatic carbocycles. The first-order chi connectivity index (χ1) is 10.1. The fraction of sp³-hybridized carbons (Fsp3) is 1.00. The summed E-state index contributed by atoms with van der Waals surface area (Å²) in [6, 6.07) is 0.623. The Kier molecular flexibility index (Phi) is 6.51. The van der Waals surface area contributed by atoms with E-state index >= 15 is 0 Å². The van der Waals surface area contributed by atoms with Crippen LogP contribution in [0.2, 0.25) is 0 Å². The third-order valence-corrected chi connectivity index (χ3v) is 6.08. The number of morpholine rings is 1. The average Bonchev–Trinajstić information content (AvgIpc) is 2.54. The van der Waals surface area contributed by atoms with Crippen LogP contribution in [-0.4, -0.2) is 49.3 Å². The Labute approximate surface area is 131 Å². The molecular formula is C18H36N2O. The Balaban J connectivity index is 2.12. The number of hydrogen-bond acceptors (Lipinski definition) is 3. The molecule has 1 aliphatic carbocycles. The summed E-state index contributed by atoms with van der Waals surface area (Å²) in [5.74, 6) is 1.77. The summed E-state index contributed by atoms with van der Waals surface area (Å²) >= 11 is 0. The van der Waals surface area contributed by atoms with E-state index in [9.17, 15) is 0 Å². The van der Waals surface area contributed by atoms with E-state index in [2.05, 4.69) is 37.9 Å². The van der Waals surface area contributed by atoms with Gasteiger partial charge in [0, 0.05) is 24.7 Å². The first-order valence-corrected chi connectivity index (χ1v) is 9.18. The number of nitrogens with one attached hydrogen (secondary N) is 1. The maximum absolute atomic E-state index is 5.58. The highest BCUT2D eigenvalue weighted by Gasteiger charge is 2.42. The maximum Gasteiger partial charge on any atom is 0.0594 e. The highest BCUT2D eigenvalue weighted by Crippen LogP contribution is 2.37. The fourth-order valence-corrected chi connectivity index (χ4v) is 4.45. The molecule has 2 aliphatic rings. The van der Waals surface area contributed by atoms with Crippen LogP contribution in [0.1, 0.15) is 59.8 Å². The van der Waals surface area contributed by atoms with Gasteiger partial charge in [0.2, 0.25) is 0 Å². The van der Waals surface area contributed by atoms with Crippen LogP contribution in [0.15, 0.2) is 0 Å². The normalized spacial score (nSPS) is 32.6.